The molecule has 1 saturated heterocycles. The highest BCUT2D eigenvalue weighted by Crippen LogP contribution is 2.33. The number of anilines is 1. The van der Waals surface area contributed by atoms with Gasteiger partial charge >= 0.3 is 24.3 Å². The van der Waals surface area contributed by atoms with E-state index in [1.165, 1.54) is 0 Å². The second kappa shape index (κ2) is 14.1. The van der Waals surface area contributed by atoms with E-state index in [1.54, 1.807) is 6.20 Å². The standard InChI is InChI=1S/C22H24N6O2.2C2HF3O2/c1-2-29-17-3-4-20-19(10-17)27-22(30-20)18-9-14(11-25-21(18)23)15-12-26-28(13-15)16-5-7-24-8-6-16;2*3-2(4,5)1(6)7/h3-4,9-13,16,24H,2,5-8H2,1H3,(H2,23,25);2*(H,6,7). The molecule has 1 aliphatic rings. The number of aliphatic carboxylic acids is 2. The van der Waals surface area contributed by atoms with Crippen molar-refractivity contribution >= 4 is 28.9 Å². The molecular weight excluding hydrogens is 606 g/mol. The molecule has 0 bridgehead atoms. The minimum atomic E-state index is -5.08. The number of carboxylic acid groups (broad SMARTS) is 2. The Labute approximate surface area is 244 Å². The molecule has 0 atom stereocenters. The highest BCUT2D eigenvalue weighted by molar-refractivity contribution is 5.81. The predicted octanol–water partition coefficient (Wildman–Crippen LogP) is 4.93. The molecule has 4 aromatic rings. The summed E-state index contributed by atoms with van der Waals surface area (Å²) >= 11 is 0. The smallest absolute Gasteiger partial charge is 0.490 e. The summed E-state index contributed by atoms with van der Waals surface area (Å²) in [5, 5.41) is 22.2. The fourth-order valence-corrected chi connectivity index (χ4v) is 3.84. The molecule has 12 nitrogen and oxygen atoms in total. The first-order valence-electron chi connectivity index (χ1n) is 12.7. The Bertz CT molecular complexity index is 1560. The Morgan fingerprint density at radius 2 is 1.66 bits per heavy atom. The van der Waals surface area contributed by atoms with Crippen LogP contribution in [0.3, 0.4) is 0 Å². The maximum absolute atomic E-state index is 10.6. The van der Waals surface area contributed by atoms with Gasteiger partial charge in [0.2, 0.25) is 5.89 Å². The normalized spacial score (nSPS) is 13.8. The number of hydrogen-bond donors (Lipinski definition) is 4. The number of aromatic nitrogens is 4. The van der Waals surface area contributed by atoms with Crippen LogP contribution in [0.25, 0.3) is 33.7 Å². The number of rotatable bonds is 5. The van der Waals surface area contributed by atoms with Gasteiger partial charge in [-0.2, -0.15) is 31.4 Å². The molecule has 1 aromatic carbocycles. The van der Waals surface area contributed by atoms with Crippen LogP contribution in [0.2, 0.25) is 0 Å². The molecule has 0 amide bonds. The predicted molar refractivity (Wildman–Crippen MR) is 143 cm³/mol. The lowest BCUT2D eigenvalue weighted by Crippen LogP contribution is -2.29. The van der Waals surface area contributed by atoms with E-state index in [4.69, 9.17) is 34.7 Å². The molecule has 0 unspecified atom stereocenters. The lowest BCUT2D eigenvalue weighted by atomic mass is 10.1. The van der Waals surface area contributed by atoms with Gasteiger partial charge in [-0.05, 0) is 51.1 Å². The van der Waals surface area contributed by atoms with E-state index >= 15 is 0 Å². The highest BCUT2D eigenvalue weighted by Gasteiger charge is 2.38. The molecule has 238 valence electrons. The second-order valence-corrected chi connectivity index (χ2v) is 9.03. The second-order valence-electron chi connectivity index (χ2n) is 9.03. The van der Waals surface area contributed by atoms with E-state index in [1.807, 2.05) is 37.4 Å². The van der Waals surface area contributed by atoms with Gasteiger partial charge in [0.05, 0.1) is 24.4 Å². The van der Waals surface area contributed by atoms with E-state index in [0.29, 0.717) is 35.5 Å². The maximum atomic E-state index is 10.6. The van der Waals surface area contributed by atoms with Gasteiger partial charge in [-0.1, -0.05) is 0 Å². The van der Waals surface area contributed by atoms with Crippen molar-refractivity contribution in [1.82, 2.24) is 25.1 Å². The number of nitrogens with two attached hydrogens (primary N) is 1. The number of piperidine rings is 1. The zero-order valence-corrected chi connectivity index (χ0v) is 22.8. The molecule has 0 radical (unpaired) electrons. The van der Waals surface area contributed by atoms with Crippen molar-refractivity contribution in [3.63, 3.8) is 0 Å². The monoisotopic (exact) mass is 632 g/mol. The van der Waals surface area contributed by atoms with Gasteiger partial charge in [-0.15, -0.1) is 0 Å². The number of nitrogens with zero attached hydrogens (tertiary/aromatic N) is 4. The first-order chi connectivity index (χ1) is 20.6. The summed E-state index contributed by atoms with van der Waals surface area (Å²) in [5.41, 5.74) is 10.1. The van der Waals surface area contributed by atoms with E-state index in [2.05, 4.69) is 31.3 Å². The summed E-state index contributed by atoms with van der Waals surface area (Å²) < 4.78 is 77.0. The van der Waals surface area contributed by atoms with Crippen molar-refractivity contribution in [2.24, 2.45) is 0 Å². The van der Waals surface area contributed by atoms with Crippen LogP contribution < -0.4 is 15.8 Å². The van der Waals surface area contributed by atoms with Crippen LogP contribution in [0, 0.1) is 0 Å². The number of carboxylic acids is 2. The quantitative estimate of drug-likeness (QED) is 0.219. The molecular formula is C26H26F6N6O6. The van der Waals surface area contributed by atoms with Crippen molar-refractivity contribution in [2.75, 3.05) is 25.4 Å². The third-order valence-corrected chi connectivity index (χ3v) is 5.92. The number of halogens is 6. The number of nitrogen functional groups attached to an aromatic ring is 1. The fourth-order valence-electron chi connectivity index (χ4n) is 3.84. The lowest BCUT2D eigenvalue weighted by molar-refractivity contribution is -0.193. The summed E-state index contributed by atoms with van der Waals surface area (Å²) in [7, 11) is 0. The van der Waals surface area contributed by atoms with Crippen molar-refractivity contribution in [1.29, 1.82) is 0 Å². The number of ether oxygens (including phenoxy) is 1. The number of oxazole rings is 1. The number of benzene rings is 1. The Kier molecular flexibility index (Phi) is 10.8. The van der Waals surface area contributed by atoms with Gasteiger partial charge in [0, 0.05) is 29.6 Å². The average Bonchev–Trinajstić information content (AvgIpc) is 3.61. The van der Waals surface area contributed by atoms with Crippen LogP contribution in [0.4, 0.5) is 32.2 Å². The van der Waals surface area contributed by atoms with E-state index in [0.717, 1.165) is 48.3 Å². The summed E-state index contributed by atoms with van der Waals surface area (Å²) in [6, 6.07) is 7.97. The topological polar surface area (TPSA) is 179 Å². The lowest BCUT2D eigenvalue weighted by Gasteiger charge is -2.22. The SMILES string of the molecule is CCOc1ccc2oc(-c3cc(-c4cnn(C5CCNCC5)c4)cnc3N)nc2c1.O=C(O)C(F)(F)F.O=C(O)C(F)(F)F. The third kappa shape index (κ3) is 9.06. The van der Waals surface area contributed by atoms with Gasteiger partial charge in [0.25, 0.3) is 0 Å². The number of carbonyl (C=O) groups is 2. The van der Waals surface area contributed by atoms with Gasteiger partial charge in [-0.25, -0.2) is 19.6 Å². The first-order valence-corrected chi connectivity index (χ1v) is 12.7. The number of nitrogens with one attached hydrogen (secondary N) is 1. The molecule has 1 fully saturated rings. The van der Waals surface area contributed by atoms with Crippen LogP contribution in [0.5, 0.6) is 5.75 Å². The summed E-state index contributed by atoms with van der Waals surface area (Å²) in [6.07, 6.45) is -2.29. The van der Waals surface area contributed by atoms with Crippen molar-refractivity contribution in [3.8, 4) is 28.3 Å². The summed E-state index contributed by atoms with van der Waals surface area (Å²) in [6.45, 7) is 4.59. The van der Waals surface area contributed by atoms with E-state index in [9.17, 15) is 26.3 Å². The molecule has 18 heteroatoms. The largest absolute Gasteiger partial charge is 0.494 e. The first kappa shape index (κ1) is 33.6. The fraction of sp³-hybridized carbons (Fsp3) is 0.346. The Morgan fingerprint density at radius 3 is 2.23 bits per heavy atom. The van der Waals surface area contributed by atoms with Crippen molar-refractivity contribution < 1.29 is 55.3 Å². The van der Waals surface area contributed by atoms with Gasteiger partial charge < -0.3 is 30.4 Å². The maximum Gasteiger partial charge on any atom is 0.490 e. The molecule has 3 aromatic heterocycles. The molecule has 0 saturated carbocycles. The highest BCUT2D eigenvalue weighted by atomic mass is 19.4. The minimum absolute atomic E-state index is 0.376. The Hall–Kier alpha value is -4.87. The van der Waals surface area contributed by atoms with Crippen LogP contribution in [-0.4, -0.2) is 73.9 Å². The van der Waals surface area contributed by atoms with E-state index in [-0.39, 0.29) is 0 Å². The number of hydrogen-bond acceptors (Lipinski definition) is 9. The van der Waals surface area contributed by atoms with Gasteiger partial charge in [0.1, 0.15) is 17.1 Å². The summed E-state index contributed by atoms with van der Waals surface area (Å²) in [5.74, 6) is -3.94. The molecule has 44 heavy (non-hydrogen) atoms. The van der Waals surface area contributed by atoms with Crippen LogP contribution in [0.1, 0.15) is 25.8 Å². The van der Waals surface area contributed by atoms with Gasteiger partial charge in [-0.3, -0.25) is 4.68 Å². The Morgan fingerprint density at radius 1 is 1.05 bits per heavy atom. The molecule has 0 spiro atoms. The number of fused-ring (bicyclic) bond motifs is 1. The third-order valence-electron chi connectivity index (χ3n) is 5.92. The molecule has 1 aliphatic heterocycles. The minimum Gasteiger partial charge on any atom is -0.494 e. The average molecular weight is 633 g/mol. The van der Waals surface area contributed by atoms with Crippen LogP contribution in [0.15, 0.2) is 47.3 Å². The van der Waals surface area contributed by atoms with Crippen LogP contribution in [-0.2, 0) is 9.59 Å². The van der Waals surface area contributed by atoms with Crippen molar-refractivity contribution in [2.45, 2.75) is 38.2 Å². The summed E-state index contributed by atoms with van der Waals surface area (Å²) in [4.78, 5) is 26.8. The zero-order chi connectivity index (χ0) is 32.7. The van der Waals surface area contributed by atoms with E-state index < -0.39 is 24.3 Å². The van der Waals surface area contributed by atoms with Crippen LogP contribution >= 0.6 is 0 Å². The number of pyridine rings is 1. The van der Waals surface area contributed by atoms with Gasteiger partial charge in [0.15, 0.2) is 5.58 Å². The molecule has 5 rings (SSSR count). The molecule has 0 aliphatic carbocycles. The molecule has 5 N–H and O–H groups in total. The Balaban J connectivity index is 0.000000317. The zero-order valence-electron chi connectivity index (χ0n) is 22.8. The number of alkyl halides is 6. The molecule has 4 heterocycles. The van der Waals surface area contributed by atoms with Crippen molar-refractivity contribution in [3.05, 3.63) is 42.9 Å².